The average Bonchev–Trinajstić information content (AvgIpc) is 2.58. The fourth-order valence-corrected chi connectivity index (χ4v) is 2.53. The van der Waals surface area contributed by atoms with E-state index in [9.17, 15) is 4.79 Å². The van der Waals surface area contributed by atoms with Crippen molar-refractivity contribution in [3.8, 4) is 0 Å². The van der Waals surface area contributed by atoms with Gasteiger partial charge >= 0.3 is 5.97 Å². The molecule has 0 heterocycles. The largest absolute Gasteiger partial charge is 0.478 e. The highest BCUT2D eigenvalue weighted by Crippen LogP contribution is 2.15. The van der Waals surface area contributed by atoms with Gasteiger partial charge in [-0.3, -0.25) is 0 Å². The van der Waals surface area contributed by atoms with Crippen LogP contribution in [0.15, 0.2) is 48.5 Å². The van der Waals surface area contributed by atoms with Crippen molar-refractivity contribution in [2.45, 2.75) is 26.9 Å². The number of carboxylic acids is 1. The number of rotatable bonds is 8. The Morgan fingerprint density at radius 3 is 1.83 bits per heavy atom. The summed E-state index contributed by atoms with van der Waals surface area (Å²) in [5.74, 6) is -0.891. The molecule has 0 saturated carbocycles. The molecule has 0 radical (unpaired) electrons. The van der Waals surface area contributed by atoms with Crippen LogP contribution in [0, 0.1) is 0 Å². The van der Waals surface area contributed by atoms with E-state index in [1.807, 2.05) is 12.1 Å². The Balaban J connectivity index is 1.85. The number of carbonyl (C=O) groups is 1. The van der Waals surface area contributed by atoms with Gasteiger partial charge in [-0.25, -0.2) is 4.79 Å². The highest BCUT2D eigenvalue weighted by Gasteiger charge is 2.03. The van der Waals surface area contributed by atoms with Gasteiger partial charge in [-0.1, -0.05) is 24.3 Å². The number of aromatic carboxylic acids is 1. The van der Waals surface area contributed by atoms with Gasteiger partial charge in [0.2, 0.25) is 0 Å². The van der Waals surface area contributed by atoms with Crippen LogP contribution in [0.5, 0.6) is 0 Å². The van der Waals surface area contributed by atoms with Crippen molar-refractivity contribution >= 4 is 11.7 Å². The van der Waals surface area contributed by atoms with Crippen LogP contribution in [0.4, 0.5) is 5.69 Å². The zero-order valence-electron chi connectivity index (χ0n) is 13.7. The molecule has 0 aliphatic rings. The van der Waals surface area contributed by atoms with Crippen LogP contribution in [-0.4, -0.2) is 24.2 Å². The summed E-state index contributed by atoms with van der Waals surface area (Å²) in [7, 11) is 0. The van der Waals surface area contributed by atoms with Crippen LogP contribution in [0.2, 0.25) is 0 Å². The molecule has 2 rings (SSSR count). The number of nitrogens with one attached hydrogen (secondary N) is 1. The van der Waals surface area contributed by atoms with Gasteiger partial charge < -0.3 is 15.3 Å². The van der Waals surface area contributed by atoms with Gasteiger partial charge in [0.1, 0.15) is 0 Å². The fraction of sp³-hybridized carbons (Fsp3) is 0.316. The molecule has 23 heavy (non-hydrogen) atoms. The molecule has 0 aliphatic heterocycles. The monoisotopic (exact) mass is 312 g/mol. The third-order valence-corrected chi connectivity index (χ3v) is 3.92. The van der Waals surface area contributed by atoms with E-state index in [-0.39, 0.29) is 0 Å². The zero-order valence-corrected chi connectivity index (χ0v) is 13.7. The lowest BCUT2D eigenvalue weighted by molar-refractivity contribution is 0.0697. The Bertz CT molecular complexity index is 617. The quantitative estimate of drug-likeness (QED) is 0.783. The molecule has 0 spiro atoms. The number of nitrogens with zero attached hydrogens (tertiary/aromatic N) is 1. The predicted octanol–water partition coefficient (Wildman–Crippen LogP) is 3.52. The molecule has 2 aromatic rings. The number of hydrogen-bond acceptors (Lipinski definition) is 3. The summed E-state index contributed by atoms with van der Waals surface area (Å²) < 4.78 is 0. The van der Waals surface area contributed by atoms with Crippen molar-refractivity contribution < 1.29 is 9.90 Å². The summed E-state index contributed by atoms with van der Waals surface area (Å²) >= 11 is 0. The molecule has 0 atom stereocenters. The average molecular weight is 312 g/mol. The van der Waals surface area contributed by atoms with Gasteiger partial charge in [0.25, 0.3) is 0 Å². The van der Waals surface area contributed by atoms with Crippen molar-refractivity contribution in [1.82, 2.24) is 5.32 Å². The van der Waals surface area contributed by atoms with Crippen molar-refractivity contribution in [1.29, 1.82) is 0 Å². The molecule has 0 unspecified atom stereocenters. The fourth-order valence-electron chi connectivity index (χ4n) is 2.53. The Labute approximate surface area is 137 Å². The van der Waals surface area contributed by atoms with Crippen LogP contribution in [0.1, 0.15) is 35.3 Å². The molecule has 2 aromatic carbocycles. The molecule has 0 fully saturated rings. The standard InChI is InChI=1S/C19H24N2O2/c1-3-21(4-2)18-11-7-16(8-12-18)14-20-13-15-5-9-17(10-6-15)19(22)23/h5-12,20H,3-4,13-14H2,1-2H3,(H,22,23). The maximum Gasteiger partial charge on any atom is 0.335 e. The molecule has 0 bridgehead atoms. The highest BCUT2D eigenvalue weighted by atomic mass is 16.4. The third-order valence-electron chi connectivity index (χ3n) is 3.92. The van der Waals surface area contributed by atoms with E-state index in [1.165, 1.54) is 11.3 Å². The Kier molecular flexibility index (Phi) is 6.18. The number of carboxylic acid groups (broad SMARTS) is 1. The summed E-state index contributed by atoms with van der Waals surface area (Å²) in [6.07, 6.45) is 0. The zero-order chi connectivity index (χ0) is 16.7. The first kappa shape index (κ1) is 17.0. The van der Waals surface area contributed by atoms with Crippen molar-refractivity contribution in [2.75, 3.05) is 18.0 Å². The van der Waals surface area contributed by atoms with Crippen molar-refractivity contribution in [3.05, 3.63) is 65.2 Å². The molecular formula is C19H24N2O2. The topological polar surface area (TPSA) is 52.6 Å². The Morgan fingerprint density at radius 2 is 1.39 bits per heavy atom. The van der Waals surface area contributed by atoms with E-state index in [0.29, 0.717) is 5.56 Å². The van der Waals surface area contributed by atoms with Gasteiger partial charge in [0, 0.05) is 31.9 Å². The Hall–Kier alpha value is -2.33. The van der Waals surface area contributed by atoms with Crippen molar-refractivity contribution in [3.63, 3.8) is 0 Å². The summed E-state index contributed by atoms with van der Waals surface area (Å²) in [6, 6.07) is 15.6. The van der Waals surface area contributed by atoms with E-state index in [4.69, 9.17) is 5.11 Å². The second kappa shape index (κ2) is 8.34. The third kappa shape index (κ3) is 4.83. The highest BCUT2D eigenvalue weighted by molar-refractivity contribution is 5.87. The summed E-state index contributed by atoms with van der Waals surface area (Å²) in [5, 5.41) is 12.3. The first-order chi connectivity index (χ1) is 11.1. The molecule has 0 amide bonds. The lowest BCUT2D eigenvalue weighted by Crippen LogP contribution is -2.21. The SMILES string of the molecule is CCN(CC)c1ccc(CNCc2ccc(C(=O)O)cc2)cc1. The molecule has 0 saturated heterocycles. The molecular weight excluding hydrogens is 288 g/mol. The lowest BCUT2D eigenvalue weighted by atomic mass is 10.1. The van der Waals surface area contributed by atoms with Gasteiger partial charge in [0.05, 0.1) is 5.56 Å². The normalized spacial score (nSPS) is 10.5. The number of benzene rings is 2. The van der Waals surface area contributed by atoms with Crippen molar-refractivity contribution in [2.24, 2.45) is 0 Å². The first-order valence-corrected chi connectivity index (χ1v) is 8.00. The minimum atomic E-state index is -0.891. The maximum atomic E-state index is 10.8. The van der Waals surface area contributed by atoms with E-state index < -0.39 is 5.97 Å². The van der Waals surface area contributed by atoms with E-state index in [2.05, 4.69) is 48.3 Å². The van der Waals surface area contributed by atoms with Gasteiger partial charge in [-0.15, -0.1) is 0 Å². The van der Waals surface area contributed by atoms with E-state index in [0.717, 1.165) is 31.7 Å². The van der Waals surface area contributed by atoms with Crippen LogP contribution in [0.25, 0.3) is 0 Å². The summed E-state index contributed by atoms with van der Waals surface area (Å²) in [6.45, 7) is 7.86. The maximum absolute atomic E-state index is 10.8. The molecule has 4 nitrogen and oxygen atoms in total. The van der Waals surface area contributed by atoms with Crippen LogP contribution in [0.3, 0.4) is 0 Å². The van der Waals surface area contributed by atoms with Gasteiger partial charge in [0.15, 0.2) is 0 Å². The smallest absolute Gasteiger partial charge is 0.335 e. The predicted molar refractivity (Wildman–Crippen MR) is 93.9 cm³/mol. The summed E-state index contributed by atoms with van der Waals surface area (Å²) in [4.78, 5) is 13.1. The molecule has 2 N–H and O–H groups in total. The summed E-state index contributed by atoms with van der Waals surface area (Å²) in [5.41, 5.74) is 3.89. The lowest BCUT2D eigenvalue weighted by Gasteiger charge is -2.21. The van der Waals surface area contributed by atoms with Gasteiger partial charge in [-0.05, 0) is 49.2 Å². The van der Waals surface area contributed by atoms with E-state index in [1.54, 1.807) is 12.1 Å². The Morgan fingerprint density at radius 1 is 0.913 bits per heavy atom. The van der Waals surface area contributed by atoms with Crippen LogP contribution < -0.4 is 10.2 Å². The van der Waals surface area contributed by atoms with Crippen LogP contribution in [-0.2, 0) is 13.1 Å². The molecule has 0 aromatic heterocycles. The van der Waals surface area contributed by atoms with Gasteiger partial charge in [-0.2, -0.15) is 0 Å². The van der Waals surface area contributed by atoms with Crippen LogP contribution >= 0.6 is 0 Å². The second-order valence-corrected chi connectivity index (χ2v) is 5.44. The second-order valence-electron chi connectivity index (χ2n) is 5.44. The molecule has 122 valence electrons. The number of hydrogen-bond donors (Lipinski definition) is 2. The molecule has 4 heteroatoms. The first-order valence-electron chi connectivity index (χ1n) is 8.00. The number of anilines is 1. The van der Waals surface area contributed by atoms with E-state index >= 15 is 0 Å². The molecule has 0 aliphatic carbocycles. The minimum Gasteiger partial charge on any atom is -0.478 e. The minimum absolute atomic E-state index is 0.320.